The maximum absolute atomic E-state index is 12.3. The highest BCUT2D eigenvalue weighted by Crippen LogP contribution is 2.29. The molecule has 26 heavy (non-hydrogen) atoms. The molecule has 1 aromatic carbocycles. The molecule has 0 atom stereocenters. The minimum absolute atomic E-state index is 0.0375. The summed E-state index contributed by atoms with van der Waals surface area (Å²) in [5, 5.41) is 5.55. The van der Waals surface area contributed by atoms with Crippen LogP contribution in [0.2, 0.25) is 0 Å². The molecule has 6 heteroatoms. The van der Waals surface area contributed by atoms with Crippen molar-refractivity contribution >= 4 is 28.7 Å². The second-order valence-electron chi connectivity index (χ2n) is 6.40. The molecule has 2 N–H and O–H groups in total. The summed E-state index contributed by atoms with van der Waals surface area (Å²) in [5.74, 6) is -0.0594. The van der Waals surface area contributed by atoms with Crippen molar-refractivity contribution in [2.75, 3.05) is 5.32 Å². The van der Waals surface area contributed by atoms with Crippen LogP contribution >= 0.6 is 11.3 Å². The van der Waals surface area contributed by atoms with Gasteiger partial charge in [-0.05, 0) is 51.0 Å². The van der Waals surface area contributed by atoms with Crippen molar-refractivity contribution in [1.29, 1.82) is 0 Å². The number of nitrogens with one attached hydrogen (secondary N) is 2. The molecular weight excluding hydrogens is 346 g/mol. The third-order valence-electron chi connectivity index (χ3n) is 4.21. The quantitative estimate of drug-likeness (QED) is 0.654. The number of hydrogen-bond acceptors (Lipinski definition) is 4. The van der Waals surface area contributed by atoms with Crippen molar-refractivity contribution < 1.29 is 9.59 Å². The lowest BCUT2D eigenvalue weighted by Crippen LogP contribution is -2.14. The van der Waals surface area contributed by atoms with Crippen molar-refractivity contribution in [3.8, 4) is 11.4 Å². The molecule has 0 bridgehead atoms. The van der Waals surface area contributed by atoms with Gasteiger partial charge in [0, 0.05) is 22.3 Å². The number of aryl methyl sites for hydroxylation is 2. The maximum Gasteiger partial charge on any atom is 0.231 e. The third-order valence-corrected chi connectivity index (χ3v) is 5.06. The molecule has 0 aliphatic rings. The van der Waals surface area contributed by atoms with E-state index in [9.17, 15) is 9.59 Å². The monoisotopic (exact) mass is 367 g/mol. The van der Waals surface area contributed by atoms with E-state index in [1.807, 2.05) is 50.4 Å². The van der Waals surface area contributed by atoms with Gasteiger partial charge in [-0.25, -0.2) is 4.98 Å². The lowest BCUT2D eigenvalue weighted by atomic mass is 10.1. The Labute approximate surface area is 156 Å². The molecule has 0 unspecified atom stereocenters. The first kappa shape index (κ1) is 18.1. The van der Waals surface area contributed by atoms with Gasteiger partial charge in [0.2, 0.25) is 5.91 Å². The van der Waals surface area contributed by atoms with E-state index in [0.29, 0.717) is 5.56 Å². The fraction of sp³-hybridized carbons (Fsp3) is 0.250. The van der Waals surface area contributed by atoms with Crippen molar-refractivity contribution in [1.82, 2.24) is 9.97 Å². The van der Waals surface area contributed by atoms with Crippen LogP contribution in [0.5, 0.6) is 0 Å². The molecule has 0 fully saturated rings. The molecule has 1 amide bonds. The van der Waals surface area contributed by atoms with Crippen molar-refractivity contribution in [3.63, 3.8) is 0 Å². The second-order valence-corrected chi connectivity index (χ2v) is 7.34. The van der Waals surface area contributed by atoms with E-state index in [1.54, 1.807) is 6.92 Å². The lowest BCUT2D eigenvalue weighted by molar-refractivity contribution is -0.115. The third kappa shape index (κ3) is 3.75. The first-order chi connectivity index (χ1) is 12.3. The molecular formula is C20H21N3O2S. The summed E-state index contributed by atoms with van der Waals surface area (Å²) in [6.45, 7) is 7.35. The maximum atomic E-state index is 12.3. The number of Topliss-reactive ketones (excluding diaryl/α,β-unsaturated/α-hetero) is 1. The number of benzene rings is 1. The van der Waals surface area contributed by atoms with Crippen LogP contribution in [-0.4, -0.2) is 21.7 Å². The predicted molar refractivity (Wildman–Crippen MR) is 105 cm³/mol. The van der Waals surface area contributed by atoms with E-state index >= 15 is 0 Å². The van der Waals surface area contributed by atoms with Gasteiger partial charge in [0.1, 0.15) is 5.01 Å². The number of ketones is 1. The zero-order chi connectivity index (χ0) is 18.8. The average molecular weight is 367 g/mol. The molecule has 0 aliphatic heterocycles. The Balaban J connectivity index is 1.75. The number of carbonyl (C=O) groups is 2. The Morgan fingerprint density at radius 3 is 2.65 bits per heavy atom. The smallest absolute Gasteiger partial charge is 0.231 e. The highest BCUT2D eigenvalue weighted by Gasteiger charge is 2.18. The number of aromatic amines is 1. The van der Waals surface area contributed by atoms with Crippen LogP contribution in [0.15, 0.2) is 29.6 Å². The normalized spacial score (nSPS) is 10.8. The van der Waals surface area contributed by atoms with E-state index in [1.165, 1.54) is 11.3 Å². The average Bonchev–Trinajstić information content (AvgIpc) is 3.11. The van der Waals surface area contributed by atoms with Gasteiger partial charge in [-0.2, -0.15) is 0 Å². The molecule has 5 nitrogen and oxygen atoms in total. The molecule has 0 saturated heterocycles. The highest BCUT2D eigenvalue weighted by atomic mass is 32.1. The number of anilines is 1. The predicted octanol–water partition coefficient (Wildman–Crippen LogP) is 4.45. The van der Waals surface area contributed by atoms with Gasteiger partial charge in [-0.3, -0.25) is 9.59 Å². The molecule has 134 valence electrons. The van der Waals surface area contributed by atoms with Crippen molar-refractivity contribution in [3.05, 3.63) is 57.0 Å². The van der Waals surface area contributed by atoms with Gasteiger partial charge in [0.25, 0.3) is 0 Å². The van der Waals surface area contributed by atoms with Crippen LogP contribution in [0.4, 0.5) is 5.69 Å². The number of thiazole rings is 1. The molecule has 2 aromatic heterocycles. The first-order valence-corrected chi connectivity index (χ1v) is 9.24. The van der Waals surface area contributed by atoms with Crippen molar-refractivity contribution in [2.24, 2.45) is 0 Å². The van der Waals surface area contributed by atoms with Crippen LogP contribution in [0.1, 0.15) is 39.1 Å². The van der Waals surface area contributed by atoms with Gasteiger partial charge in [-0.15, -0.1) is 11.3 Å². The summed E-state index contributed by atoms with van der Waals surface area (Å²) in [6.07, 6.45) is 0.219. The molecule has 3 rings (SSSR count). The Hall–Kier alpha value is -2.73. The van der Waals surface area contributed by atoms with E-state index in [0.717, 1.165) is 38.9 Å². The second kappa shape index (κ2) is 7.25. The van der Waals surface area contributed by atoms with Crippen LogP contribution in [-0.2, 0) is 11.2 Å². The molecule has 2 heterocycles. The topological polar surface area (TPSA) is 74.8 Å². The van der Waals surface area contributed by atoms with Crippen LogP contribution < -0.4 is 5.32 Å². The fourth-order valence-electron chi connectivity index (χ4n) is 3.11. The van der Waals surface area contributed by atoms with Gasteiger partial charge in [-0.1, -0.05) is 12.1 Å². The number of rotatable bonds is 5. The SMILES string of the molecule is CC(=O)c1c(C)[nH]c(-c2csc(CC(=O)Nc3cccc(C)c3)n2)c1C. The largest absolute Gasteiger partial charge is 0.356 e. The Morgan fingerprint density at radius 2 is 2.00 bits per heavy atom. The number of amides is 1. The summed E-state index contributed by atoms with van der Waals surface area (Å²) < 4.78 is 0. The van der Waals surface area contributed by atoms with Gasteiger partial charge in [0.15, 0.2) is 5.78 Å². The van der Waals surface area contributed by atoms with E-state index in [2.05, 4.69) is 15.3 Å². The number of nitrogens with zero attached hydrogens (tertiary/aromatic N) is 1. The van der Waals surface area contributed by atoms with E-state index in [4.69, 9.17) is 0 Å². The molecule has 0 radical (unpaired) electrons. The summed E-state index contributed by atoms with van der Waals surface area (Å²) >= 11 is 1.44. The Kier molecular flexibility index (Phi) is 5.04. The minimum atomic E-state index is -0.0969. The Morgan fingerprint density at radius 1 is 1.23 bits per heavy atom. The summed E-state index contributed by atoms with van der Waals surface area (Å²) in [7, 11) is 0. The van der Waals surface area contributed by atoms with Crippen LogP contribution in [0.25, 0.3) is 11.4 Å². The fourth-order valence-corrected chi connectivity index (χ4v) is 3.89. The first-order valence-electron chi connectivity index (χ1n) is 8.36. The van der Waals surface area contributed by atoms with E-state index < -0.39 is 0 Å². The van der Waals surface area contributed by atoms with E-state index in [-0.39, 0.29) is 18.1 Å². The number of aromatic nitrogens is 2. The number of H-pyrrole nitrogens is 1. The van der Waals surface area contributed by atoms with Gasteiger partial charge in [0.05, 0.1) is 17.8 Å². The number of hydrogen-bond donors (Lipinski definition) is 2. The molecule has 0 spiro atoms. The van der Waals surface area contributed by atoms with Crippen LogP contribution in [0.3, 0.4) is 0 Å². The Bertz CT molecular complexity index is 985. The summed E-state index contributed by atoms with van der Waals surface area (Å²) in [5.41, 5.74) is 5.95. The zero-order valence-corrected chi connectivity index (χ0v) is 16.1. The number of carbonyl (C=O) groups excluding carboxylic acids is 2. The molecule has 3 aromatic rings. The molecule has 0 saturated carbocycles. The molecule has 0 aliphatic carbocycles. The standard InChI is InChI=1S/C20H21N3O2S/c1-11-6-5-7-15(8-11)22-17(25)9-18-23-16(10-26-18)20-12(2)19(14(4)24)13(3)21-20/h5-8,10,21H,9H2,1-4H3,(H,22,25). The van der Waals surface area contributed by atoms with Crippen LogP contribution in [0, 0.1) is 20.8 Å². The highest BCUT2D eigenvalue weighted by molar-refractivity contribution is 7.10. The lowest BCUT2D eigenvalue weighted by Gasteiger charge is -2.04. The minimum Gasteiger partial charge on any atom is -0.356 e. The summed E-state index contributed by atoms with van der Waals surface area (Å²) in [6, 6.07) is 7.69. The van der Waals surface area contributed by atoms with Gasteiger partial charge < -0.3 is 10.3 Å². The van der Waals surface area contributed by atoms with Gasteiger partial charge >= 0.3 is 0 Å². The zero-order valence-electron chi connectivity index (χ0n) is 15.3. The van der Waals surface area contributed by atoms with Crippen molar-refractivity contribution in [2.45, 2.75) is 34.1 Å². The summed E-state index contributed by atoms with van der Waals surface area (Å²) in [4.78, 5) is 31.9.